The highest BCUT2D eigenvalue weighted by Crippen LogP contribution is 2.31. The molecule has 0 aliphatic heterocycles. The van der Waals surface area contributed by atoms with Crippen molar-refractivity contribution in [2.75, 3.05) is 25.5 Å². The molecule has 0 aliphatic carbocycles. The Hall–Kier alpha value is -3.89. The molecule has 3 N–H and O–H groups in total. The van der Waals surface area contributed by atoms with Crippen molar-refractivity contribution in [1.82, 2.24) is 30.4 Å². The van der Waals surface area contributed by atoms with Gasteiger partial charge in [0.25, 0.3) is 0 Å². The first-order valence-electron chi connectivity index (χ1n) is 10.9. The Morgan fingerprint density at radius 3 is 2.59 bits per heavy atom. The first-order valence-corrected chi connectivity index (χ1v) is 10.9. The van der Waals surface area contributed by atoms with Gasteiger partial charge in [-0.1, -0.05) is 17.3 Å². The number of rotatable bonds is 9. The van der Waals surface area contributed by atoms with Crippen LogP contribution in [0.3, 0.4) is 0 Å². The zero-order valence-electron chi connectivity index (χ0n) is 19.5. The van der Waals surface area contributed by atoms with Crippen molar-refractivity contribution < 1.29 is 14.4 Å². The summed E-state index contributed by atoms with van der Waals surface area (Å²) < 4.78 is 11.1. The van der Waals surface area contributed by atoms with Crippen LogP contribution in [0, 0.1) is 20.8 Å². The molecular weight excluding hydrogens is 434 g/mol. The van der Waals surface area contributed by atoms with E-state index < -0.39 is 6.10 Å². The van der Waals surface area contributed by atoms with Gasteiger partial charge in [0, 0.05) is 18.2 Å². The molecule has 1 unspecified atom stereocenters. The highest BCUT2D eigenvalue weighted by atomic mass is 16.5. The quantitative estimate of drug-likeness (QED) is 0.341. The minimum Gasteiger partial charge on any atom is -0.491 e. The number of anilines is 2. The lowest BCUT2D eigenvalue weighted by Crippen LogP contribution is -2.29. The van der Waals surface area contributed by atoms with Gasteiger partial charge in [0.15, 0.2) is 5.82 Å². The second-order valence-corrected chi connectivity index (χ2v) is 7.86. The van der Waals surface area contributed by atoms with Crippen molar-refractivity contribution in [2.45, 2.75) is 26.9 Å². The van der Waals surface area contributed by atoms with Gasteiger partial charge in [-0.2, -0.15) is 0 Å². The Labute approximate surface area is 197 Å². The summed E-state index contributed by atoms with van der Waals surface area (Å²) in [4.78, 5) is 18.0. The number of nitrogens with one attached hydrogen (secondary N) is 2. The van der Waals surface area contributed by atoms with E-state index in [9.17, 15) is 5.11 Å². The summed E-state index contributed by atoms with van der Waals surface area (Å²) in [6.45, 7) is 6.17. The fourth-order valence-corrected chi connectivity index (χ4v) is 3.43. The number of nitrogens with zero attached hydrogens (tertiary/aromatic N) is 5. The van der Waals surface area contributed by atoms with Gasteiger partial charge in [0.1, 0.15) is 35.9 Å². The minimum atomic E-state index is -0.611. The highest BCUT2D eigenvalue weighted by Gasteiger charge is 2.17. The number of hydrogen-bond donors (Lipinski definition) is 3. The van der Waals surface area contributed by atoms with E-state index in [0.29, 0.717) is 46.9 Å². The number of likely N-dealkylation sites (N-methyl/N-ethyl adjacent to an activating group) is 1. The summed E-state index contributed by atoms with van der Waals surface area (Å²) in [5.41, 5.74) is 3.69. The normalized spacial score (nSPS) is 11.9. The van der Waals surface area contributed by atoms with E-state index in [1.54, 1.807) is 19.4 Å². The number of benzene rings is 1. The number of aryl methyl sites for hydroxylation is 3. The lowest BCUT2D eigenvalue weighted by atomic mass is 10.1. The monoisotopic (exact) mass is 461 g/mol. The molecule has 1 aromatic carbocycles. The molecule has 0 saturated heterocycles. The molecule has 0 bridgehead atoms. The smallest absolute Gasteiger partial charge is 0.162 e. The predicted octanol–water partition coefficient (Wildman–Crippen LogP) is 3.22. The zero-order valence-corrected chi connectivity index (χ0v) is 19.5. The highest BCUT2D eigenvalue weighted by molar-refractivity contribution is 5.72. The average molecular weight is 462 g/mol. The Morgan fingerprint density at radius 2 is 1.88 bits per heavy atom. The second kappa shape index (κ2) is 10.4. The van der Waals surface area contributed by atoms with Crippen LogP contribution in [0.15, 0.2) is 47.2 Å². The van der Waals surface area contributed by atoms with Crippen molar-refractivity contribution in [3.05, 3.63) is 60.0 Å². The van der Waals surface area contributed by atoms with Gasteiger partial charge in [-0.25, -0.2) is 19.9 Å². The number of ether oxygens (including phenoxy) is 1. The van der Waals surface area contributed by atoms with Crippen LogP contribution in [0.5, 0.6) is 5.75 Å². The third-order valence-electron chi connectivity index (χ3n) is 5.04. The van der Waals surface area contributed by atoms with Crippen LogP contribution in [0.1, 0.15) is 17.3 Å². The maximum absolute atomic E-state index is 9.94. The van der Waals surface area contributed by atoms with Gasteiger partial charge in [-0.3, -0.25) is 0 Å². The fraction of sp³-hybridized carbons (Fsp3) is 0.292. The van der Waals surface area contributed by atoms with Gasteiger partial charge in [0.2, 0.25) is 0 Å². The molecule has 0 saturated carbocycles. The van der Waals surface area contributed by atoms with E-state index in [2.05, 4.69) is 25.8 Å². The number of aliphatic hydroxyl groups is 1. The first-order chi connectivity index (χ1) is 16.4. The summed E-state index contributed by atoms with van der Waals surface area (Å²) in [5.74, 6) is 3.03. The summed E-state index contributed by atoms with van der Waals surface area (Å²) >= 11 is 0. The van der Waals surface area contributed by atoms with Gasteiger partial charge >= 0.3 is 0 Å². The van der Waals surface area contributed by atoms with Crippen molar-refractivity contribution in [2.24, 2.45) is 0 Å². The third kappa shape index (κ3) is 5.53. The van der Waals surface area contributed by atoms with Crippen LogP contribution in [0.2, 0.25) is 0 Å². The molecular formula is C24H27N7O3. The summed E-state index contributed by atoms with van der Waals surface area (Å²) in [7, 11) is 1.78. The minimum absolute atomic E-state index is 0.171. The largest absolute Gasteiger partial charge is 0.491 e. The van der Waals surface area contributed by atoms with Crippen molar-refractivity contribution >= 4 is 11.5 Å². The SMILES string of the molecule is CNCC(O)COc1cccc(-c2nc(Nc3cnc(C)nc3)cc(-c3c(C)noc3C)n2)c1. The van der Waals surface area contributed by atoms with Crippen LogP contribution in [-0.4, -0.2) is 56.5 Å². The molecule has 3 aromatic heterocycles. The van der Waals surface area contributed by atoms with Gasteiger partial charge in [-0.05, 0) is 40.0 Å². The molecule has 0 amide bonds. The molecule has 1 atom stereocenters. The lowest BCUT2D eigenvalue weighted by Gasteiger charge is -2.13. The fourth-order valence-electron chi connectivity index (χ4n) is 3.43. The van der Waals surface area contributed by atoms with E-state index >= 15 is 0 Å². The molecule has 10 nitrogen and oxygen atoms in total. The maximum Gasteiger partial charge on any atom is 0.162 e. The van der Waals surface area contributed by atoms with Gasteiger partial charge in [-0.15, -0.1) is 0 Å². The Balaban J connectivity index is 1.71. The molecule has 34 heavy (non-hydrogen) atoms. The predicted molar refractivity (Wildman–Crippen MR) is 128 cm³/mol. The van der Waals surface area contributed by atoms with E-state index in [0.717, 1.165) is 16.8 Å². The van der Waals surface area contributed by atoms with E-state index in [1.807, 2.05) is 51.1 Å². The maximum atomic E-state index is 9.94. The molecule has 0 spiro atoms. The van der Waals surface area contributed by atoms with Crippen LogP contribution < -0.4 is 15.4 Å². The third-order valence-corrected chi connectivity index (χ3v) is 5.04. The summed E-state index contributed by atoms with van der Waals surface area (Å²) in [6, 6.07) is 9.28. The molecule has 0 aliphatic rings. The van der Waals surface area contributed by atoms with E-state index in [-0.39, 0.29) is 6.61 Å². The molecule has 4 rings (SSSR count). The lowest BCUT2D eigenvalue weighted by molar-refractivity contribution is 0.108. The molecule has 176 valence electrons. The topological polar surface area (TPSA) is 131 Å². The van der Waals surface area contributed by atoms with E-state index in [4.69, 9.17) is 19.2 Å². The van der Waals surface area contributed by atoms with Crippen molar-refractivity contribution in [3.8, 4) is 28.4 Å². The Morgan fingerprint density at radius 1 is 1.09 bits per heavy atom. The Kier molecular flexibility index (Phi) is 7.09. The van der Waals surface area contributed by atoms with Crippen LogP contribution in [-0.2, 0) is 0 Å². The first kappa shape index (κ1) is 23.3. The molecule has 4 aromatic rings. The number of aromatic nitrogens is 5. The van der Waals surface area contributed by atoms with E-state index in [1.165, 1.54) is 0 Å². The van der Waals surface area contributed by atoms with Gasteiger partial charge in [0.05, 0.1) is 35.0 Å². The number of aliphatic hydroxyl groups excluding tert-OH is 1. The molecule has 0 fully saturated rings. The summed E-state index contributed by atoms with van der Waals surface area (Å²) in [6.07, 6.45) is 2.79. The second-order valence-electron chi connectivity index (χ2n) is 7.86. The van der Waals surface area contributed by atoms with Crippen LogP contribution in [0.25, 0.3) is 22.6 Å². The standard InChI is InChI=1S/C24H27N7O3/c1-14-23(15(2)34-31-14)21-9-22(28-18-10-26-16(3)27-11-18)30-24(29-21)17-6-5-7-20(8-17)33-13-19(32)12-25-4/h5-11,19,25,32H,12-13H2,1-4H3,(H,28,29,30). The summed E-state index contributed by atoms with van der Waals surface area (Å²) in [5, 5.41) is 20.2. The zero-order chi connectivity index (χ0) is 24.1. The average Bonchev–Trinajstić information content (AvgIpc) is 3.17. The number of hydrogen-bond acceptors (Lipinski definition) is 10. The molecule has 3 heterocycles. The van der Waals surface area contributed by atoms with Crippen molar-refractivity contribution in [1.29, 1.82) is 0 Å². The Bertz CT molecular complexity index is 1240. The van der Waals surface area contributed by atoms with Crippen molar-refractivity contribution in [3.63, 3.8) is 0 Å². The molecule has 10 heteroatoms. The van der Waals surface area contributed by atoms with Crippen LogP contribution >= 0.6 is 0 Å². The van der Waals surface area contributed by atoms with Gasteiger partial charge < -0.3 is 25.0 Å². The molecule has 0 radical (unpaired) electrons. The van der Waals surface area contributed by atoms with Crippen LogP contribution in [0.4, 0.5) is 11.5 Å².